The first-order valence-corrected chi connectivity index (χ1v) is 6.08. The Morgan fingerprint density at radius 3 is 3.29 bits per heavy atom. The molecule has 1 aliphatic heterocycles. The summed E-state index contributed by atoms with van der Waals surface area (Å²) in [6, 6.07) is 6.65. The Labute approximate surface area is 102 Å². The molecule has 1 saturated heterocycles. The van der Waals surface area contributed by atoms with E-state index in [4.69, 9.17) is 5.26 Å². The van der Waals surface area contributed by atoms with Gasteiger partial charge in [-0.3, -0.25) is 4.90 Å². The maximum Gasteiger partial charge on any atom is 0.144 e. The number of hydrogen-bond donors (Lipinski definition) is 1. The Bertz CT molecular complexity index is 410. The molecular formula is C13H18N4. The van der Waals surface area contributed by atoms with Crippen LogP contribution in [0, 0.1) is 11.3 Å². The second-order valence-corrected chi connectivity index (χ2v) is 4.45. The lowest BCUT2D eigenvalue weighted by Crippen LogP contribution is -2.36. The van der Waals surface area contributed by atoms with E-state index in [1.807, 2.05) is 19.2 Å². The van der Waals surface area contributed by atoms with Crippen LogP contribution < -0.4 is 5.32 Å². The molecule has 0 radical (unpaired) electrons. The maximum absolute atomic E-state index is 9.02. The Morgan fingerprint density at radius 1 is 1.65 bits per heavy atom. The zero-order valence-corrected chi connectivity index (χ0v) is 10.2. The van der Waals surface area contributed by atoms with Gasteiger partial charge in [0.05, 0.1) is 0 Å². The molecule has 0 bridgehead atoms. The molecule has 1 N–H and O–H groups in total. The van der Waals surface area contributed by atoms with Crippen LogP contribution in [0.15, 0.2) is 18.3 Å². The first kappa shape index (κ1) is 12.0. The lowest BCUT2D eigenvalue weighted by molar-refractivity contribution is 0.242. The fourth-order valence-corrected chi connectivity index (χ4v) is 2.46. The highest BCUT2D eigenvalue weighted by Crippen LogP contribution is 2.20. The monoisotopic (exact) mass is 230 g/mol. The zero-order chi connectivity index (χ0) is 12.1. The standard InChI is InChI=1S/C13H18N4/c1-15-9-12-5-3-7-17(12)10-11-4-2-6-16-13(11)8-14/h2,4,6,12,15H,3,5,7,9-10H2,1H3. The van der Waals surface area contributed by atoms with Crippen LogP contribution in [0.3, 0.4) is 0 Å². The van der Waals surface area contributed by atoms with E-state index in [1.165, 1.54) is 12.8 Å². The van der Waals surface area contributed by atoms with Gasteiger partial charge in [0.25, 0.3) is 0 Å². The van der Waals surface area contributed by atoms with Gasteiger partial charge in [-0.2, -0.15) is 5.26 Å². The third-order valence-corrected chi connectivity index (χ3v) is 3.31. The lowest BCUT2D eigenvalue weighted by Gasteiger charge is -2.24. The average molecular weight is 230 g/mol. The molecule has 4 nitrogen and oxygen atoms in total. The summed E-state index contributed by atoms with van der Waals surface area (Å²) < 4.78 is 0. The van der Waals surface area contributed by atoms with Crippen molar-refractivity contribution in [1.29, 1.82) is 5.26 Å². The van der Waals surface area contributed by atoms with Gasteiger partial charge in [-0.05, 0) is 32.5 Å². The van der Waals surface area contributed by atoms with E-state index >= 15 is 0 Å². The number of aromatic nitrogens is 1. The number of nitriles is 1. The summed E-state index contributed by atoms with van der Waals surface area (Å²) in [5.41, 5.74) is 1.60. The highest BCUT2D eigenvalue weighted by molar-refractivity contribution is 5.30. The predicted molar refractivity (Wildman–Crippen MR) is 66.3 cm³/mol. The highest BCUT2D eigenvalue weighted by atomic mass is 15.2. The van der Waals surface area contributed by atoms with Gasteiger partial charge in [-0.25, -0.2) is 4.98 Å². The van der Waals surface area contributed by atoms with Gasteiger partial charge in [0.1, 0.15) is 11.8 Å². The van der Waals surface area contributed by atoms with E-state index < -0.39 is 0 Å². The van der Waals surface area contributed by atoms with Crippen molar-refractivity contribution in [1.82, 2.24) is 15.2 Å². The first-order valence-electron chi connectivity index (χ1n) is 6.08. The number of likely N-dealkylation sites (tertiary alicyclic amines) is 1. The van der Waals surface area contributed by atoms with Gasteiger partial charge in [0.2, 0.25) is 0 Å². The largest absolute Gasteiger partial charge is 0.318 e. The third kappa shape index (κ3) is 2.82. The van der Waals surface area contributed by atoms with Crippen LogP contribution in [0.5, 0.6) is 0 Å². The van der Waals surface area contributed by atoms with E-state index in [2.05, 4.69) is 21.3 Å². The molecule has 1 aromatic heterocycles. The molecule has 1 aliphatic rings. The molecule has 2 rings (SSSR count). The molecule has 1 atom stereocenters. The minimum atomic E-state index is 0.558. The fourth-order valence-electron chi connectivity index (χ4n) is 2.46. The minimum Gasteiger partial charge on any atom is -0.318 e. The number of nitrogens with zero attached hydrogens (tertiary/aromatic N) is 3. The van der Waals surface area contributed by atoms with Gasteiger partial charge in [0.15, 0.2) is 0 Å². The van der Waals surface area contributed by atoms with Crippen LogP contribution in [-0.4, -0.2) is 36.1 Å². The van der Waals surface area contributed by atoms with Crippen molar-refractivity contribution >= 4 is 0 Å². The summed E-state index contributed by atoms with van der Waals surface area (Å²) in [6.45, 7) is 2.97. The van der Waals surface area contributed by atoms with Crippen molar-refractivity contribution < 1.29 is 0 Å². The molecule has 0 spiro atoms. The first-order chi connectivity index (χ1) is 8.35. The highest BCUT2D eigenvalue weighted by Gasteiger charge is 2.24. The molecule has 0 amide bonds. The summed E-state index contributed by atoms with van der Waals surface area (Å²) in [7, 11) is 1.99. The number of nitrogens with one attached hydrogen (secondary N) is 1. The molecule has 17 heavy (non-hydrogen) atoms. The second-order valence-electron chi connectivity index (χ2n) is 4.45. The summed E-state index contributed by atoms with van der Waals surface area (Å²) >= 11 is 0. The van der Waals surface area contributed by atoms with Crippen LogP contribution in [0.25, 0.3) is 0 Å². The second kappa shape index (κ2) is 5.76. The van der Waals surface area contributed by atoms with E-state index in [9.17, 15) is 0 Å². The Hall–Kier alpha value is -1.44. The topological polar surface area (TPSA) is 52.0 Å². The van der Waals surface area contributed by atoms with Gasteiger partial charge in [0, 0.05) is 30.9 Å². The van der Waals surface area contributed by atoms with Crippen LogP contribution >= 0.6 is 0 Å². The van der Waals surface area contributed by atoms with E-state index in [0.717, 1.165) is 25.2 Å². The summed E-state index contributed by atoms with van der Waals surface area (Å²) in [4.78, 5) is 6.55. The molecule has 1 aromatic rings. The smallest absolute Gasteiger partial charge is 0.144 e. The van der Waals surface area contributed by atoms with Crippen LogP contribution in [-0.2, 0) is 6.54 Å². The Kier molecular flexibility index (Phi) is 4.08. The quantitative estimate of drug-likeness (QED) is 0.842. The maximum atomic E-state index is 9.02. The summed E-state index contributed by atoms with van der Waals surface area (Å²) in [5, 5.41) is 12.2. The van der Waals surface area contributed by atoms with Crippen LogP contribution in [0.4, 0.5) is 0 Å². The molecule has 2 heterocycles. The van der Waals surface area contributed by atoms with E-state index in [1.54, 1.807) is 6.20 Å². The number of hydrogen-bond acceptors (Lipinski definition) is 4. The molecule has 0 saturated carbocycles. The molecule has 4 heteroatoms. The zero-order valence-electron chi connectivity index (χ0n) is 10.2. The van der Waals surface area contributed by atoms with Crippen molar-refractivity contribution in [2.75, 3.05) is 20.1 Å². The number of rotatable bonds is 4. The Morgan fingerprint density at radius 2 is 2.53 bits per heavy atom. The SMILES string of the molecule is CNCC1CCCN1Cc1cccnc1C#N. The molecule has 0 aromatic carbocycles. The predicted octanol–water partition coefficient (Wildman–Crippen LogP) is 1.14. The van der Waals surface area contributed by atoms with Gasteiger partial charge < -0.3 is 5.32 Å². The average Bonchev–Trinajstić information content (AvgIpc) is 2.78. The van der Waals surface area contributed by atoms with E-state index in [0.29, 0.717) is 11.7 Å². The molecule has 1 fully saturated rings. The van der Waals surface area contributed by atoms with Gasteiger partial charge in [-0.15, -0.1) is 0 Å². The fraction of sp³-hybridized carbons (Fsp3) is 0.538. The normalized spacial score (nSPS) is 20.4. The van der Waals surface area contributed by atoms with Crippen LogP contribution in [0.1, 0.15) is 24.1 Å². The number of pyridine rings is 1. The molecule has 0 aliphatic carbocycles. The summed E-state index contributed by atoms with van der Waals surface area (Å²) in [5.74, 6) is 0. The summed E-state index contributed by atoms with van der Waals surface area (Å²) in [6.07, 6.45) is 4.16. The van der Waals surface area contributed by atoms with Crippen molar-refractivity contribution in [3.05, 3.63) is 29.6 Å². The Balaban J connectivity index is 2.07. The van der Waals surface area contributed by atoms with Crippen molar-refractivity contribution in [3.63, 3.8) is 0 Å². The van der Waals surface area contributed by atoms with E-state index in [-0.39, 0.29) is 0 Å². The van der Waals surface area contributed by atoms with Crippen molar-refractivity contribution in [2.45, 2.75) is 25.4 Å². The van der Waals surface area contributed by atoms with Crippen molar-refractivity contribution in [2.24, 2.45) is 0 Å². The lowest BCUT2D eigenvalue weighted by atomic mass is 10.1. The van der Waals surface area contributed by atoms with Gasteiger partial charge >= 0.3 is 0 Å². The number of likely N-dealkylation sites (N-methyl/N-ethyl adjacent to an activating group) is 1. The molecular weight excluding hydrogens is 212 g/mol. The van der Waals surface area contributed by atoms with Crippen molar-refractivity contribution in [3.8, 4) is 6.07 Å². The third-order valence-electron chi connectivity index (χ3n) is 3.31. The molecule has 90 valence electrons. The van der Waals surface area contributed by atoms with Crippen LogP contribution in [0.2, 0.25) is 0 Å². The van der Waals surface area contributed by atoms with Gasteiger partial charge in [-0.1, -0.05) is 6.07 Å². The minimum absolute atomic E-state index is 0.558. The molecule has 1 unspecified atom stereocenters.